The molecule has 2 heteroatoms. The fourth-order valence-electron chi connectivity index (χ4n) is 0.532. The van der Waals surface area contributed by atoms with Crippen LogP contribution in [-0.4, -0.2) is 21.9 Å². The molecule has 9 heavy (non-hydrogen) atoms. The van der Waals surface area contributed by atoms with Gasteiger partial charge < -0.3 is 10.2 Å². The van der Waals surface area contributed by atoms with Gasteiger partial charge in [0, 0.05) is 6.42 Å². The molecule has 2 N–H and O–H groups in total. The highest BCUT2D eigenvalue weighted by atomic mass is 16.3. The van der Waals surface area contributed by atoms with E-state index in [4.69, 9.17) is 16.6 Å². The number of aliphatic hydroxyl groups is 2. The molecule has 0 saturated carbocycles. The third-order valence-corrected chi connectivity index (χ3v) is 0.885. The largest absolute Gasteiger partial charge is 0.390 e. The SMILES string of the molecule is C#CC(O)CC(C)(C)O. The lowest BCUT2D eigenvalue weighted by atomic mass is 10.0. The zero-order chi connectivity index (χ0) is 7.49. The van der Waals surface area contributed by atoms with E-state index in [0.717, 1.165) is 0 Å². The molecule has 0 aliphatic heterocycles. The van der Waals surface area contributed by atoms with E-state index in [1.54, 1.807) is 13.8 Å². The van der Waals surface area contributed by atoms with Gasteiger partial charge in [-0.2, -0.15) is 0 Å². The van der Waals surface area contributed by atoms with Crippen LogP contribution in [0.25, 0.3) is 0 Å². The molecular weight excluding hydrogens is 116 g/mol. The van der Waals surface area contributed by atoms with Crippen molar-refractivity contribution in [3.05, 3.63) is 0 Å². The molecule has 0 aliphatic rings. The third-order valence-electron chi connectivity index (χ3n) is 0.885. The maximum Gasteiger partial charge on any atom is 0.117 e. The molecule has 52 valence electrons. The van der Waals surface area contributed by atoms with E-state index in [1.165, 1.54) is 0 Å². The Morgan fingerprint density at radius 2 is 2.11 bits per heavy atom. The Morgan fingerprint density at radius 3 is 2.22 bits per heavy atom. The predicted octanol–water partition coefficient (Wildman–Crippen LogP) is 0.142. The smallest absolute Gasteiger partial charge is 0.117 e. The summed E-state index contributed by atoms with van der Waals surface area (Å²) in [6, 6.07) is 0. The molecule has 1 unspecified atom stereocenters. The Hall–Kier alpha value is -0.520. The minimum atomic E-state index is -0.869. The standard InChI is InChI=1S/C7H12O2/c1-4-6(8)5-7(2,3)9/h1,6,8-9H,5H2,2-3H3. The van der Waals surface area contributed by atoms with Crippen molar-refractivity contribution in [2.45, 2.75) is 32.0 Å². The van der Waals surface area contributed by atoms with Gasteiger partial charge in [0.2, 0.25) is 0 Å². The van der Waals surface area contributed by atoms with Crippen LogP contribution in [-0.2, 0) is 0 Å². The minimum absolute atomic E-state index is 0.226. The highest BCUT2D eigenvalue weighted by Crippen LogP contribution is 2.09. The van der Waals surface area contributed by atoms with Gasteiger partial charge in [0.05, 0.1) is 5.60 Å². The number of aliphatic hydroxyl groups excluding tert-OH is 1. The van der Waals surface area contributed by atoms with E-state index < -0.39 is 11.7 Å². The van der Waals surface area contributed by atoms with Crippen LogP contribution in [0.4, 0.5) is 0 Å². The van der Waals surface area contributed by atoms with Crippen molar-refractivity contribution in [3.63, 3.8) is 0 Å². The molecule has 0 aromatic heterocycles. The Morgan fingerprint density at radius 1 is 1.67 bits per heavy atom. The van der Waals surface area contributed by atoms with Crippen molar-refractivity contribution in [1.82, 2.24) is 0 Å². The quantitative estimate of drug-likeness (QED) is 0.519. The molecule has 0 aliphatic carbocycles. The van der Waals surface area contributed by atoms with Crippen molar-refractivity contribution in [2.75, 3.05) is 0 Å². The maximum atomic E-state index is 9.06. The molecule has 0 aromatic carbocycles. The second-order valence-electron chi connectivity index (χ2n) is 2.70. The van der Waals surface area contributed by atoms with Gasteiger partial charge in [-0.05, 0) is 13.8 Å². The van der Waals surface area contributed by atoms with E-state index in [0.29, 0.717) is 0 Å². The molecule has 0 radical (unpaired) electrons. The molecule has 2 nitrogen and oxygen atoms in total. The van der Waals surface area contributed by atoms with E-state index >= 15 is 0 Å². The van der Waals surface area contributed by atoms with Gasteiger partial charge >= 0.3 is 0 Å². The molecule has 0 fully saturated rings. The fraction of sp³-hybridized carbons (Fsp3) is 0.714. The Kier molecular flexibility index (Phi) is 2.69. The van der Waals surface area contributed by atoms with E-state index in [1.807, 2.05) is 0 Å². The molecule has 1 atom stereocenters. The van der Waals surface area contributed by atoms with Gasteiger partial charge in [0.1, 0.15) is 6.10 Å². The normalized spacial score (nSPS) is 14.6. The second-order valence-corrected chi connectivity index (χ2v) is 2.70. The molecule has 0 bridgehead atoms. The van der Waals surface area contributed by atoms with Crippen molar-refractivity contribution in [2.24, 2.45) is 0 Å². The lowest BCUT2D eigenvalue weighted by Crippen LogP contribution is -2.24. The van der Waals surface area contributed by atoms with Crippen molar-refractivity contribution in [1.29, 1.82) is 0 Å². The van der Waals surface area contributed by atoms with Crippen LogP contribution in [0.1, 0.15) is 20.3 Å². The fourth-order valence-corrected chi connectivity index (χ4v) is 0.532. The number of hydrogen-bond donors (Lipinski definition) is 2. The highest BCUT2D eigenvalue weighted by molar-refractivity contribution is 4.95. The number of hydrogen-bond acceptors (Lipinski definition) is 2. The zero-order valence-corrected chi connectivity index (χ0v) is 5.76. The van der Waals surface area contributed by atoms with Crippen LogP contribution in [0.15, 0.2) is 0 Å². The summed E-state index contributed by atoms with van der Waals surface area (Å²) in [6.45, 7) is 3.21. The van der Waals surface area contributed by atoms with Gasteiger partial charge in [-0.25, -0.2) is 0 Å². The van der Waals surface area contributed by atoms with Gasteiger partial charge in [-0.3, -0.25) is 0 Å². The van der Waals surface area contributed by atoms with Gasteiger partial charge in [0.25, 0.3) is 0 Å². The summed E-state index contributed by atoms with van der Waals surface area (Å²) in [5.41, 5.74) is -0.869. The van der Waals surface area contributed by atoms with Crippen molar-refractivity contribution in [3.8, 4) is 12.3 Å². The second kappa shape index (κ2) is 2.86. The van der Waals surface area contributed by atoms with E-state index in [9.17, 15) is 0 Å². The molecule has 0 saturated heterocycles. The average Bonchev–Trinajstić information content (AvgIpc) is 1.62. The molecule has 0 rings (SSSR count). The Bertz CT molecular complexity index is 116. The summed E-state index contributed by atoms with van der Waals surface area (Å²) in [7, 11) is 0. The number of terminal acetylenes is 1. The first-order chi connectivity index (χ1) is 3.95. The molecule has 0 amide bonds. The molecule has 0 heterocycles. The summed E-state index contributed by atoms with van der Waals surface area (Å²) in [4.78, 5) is 0. The van der Waals surface area contributed by atoms with Crippen LogP contribution < -0.4 is 0 Å². The van der Waals surface area contributed by atoms with Gasteiger partial charge in [0.15, 0.2) is 0 Å². The van der Waals surface area contributed by atoms with Gasteiger partial charge in [-0.15, -0.1) is 6.42 Å². The summed E-state index contributed by atoms with van der Waals surface area (Å²) in [5, 5.41) is 17.9. The van der Waals surface area contributed by atoms with Crippen LogP contribution >= 0.6 is 0 Å². The summed E-state index contributed by atoms with van der Waals surface area (Å²) < 4.78 is 0. The van der Waals surface area contributed by atoms with E-state index in [2.05, 4.69) is 5.92 Å². The monoisotopic (exact) mass is 128 g/mol. The predicted molar refractivity (Wildman–Crippen MR) is 35.8 cm³/mol. The summed E-state index contributed by atoms with van der Waals surface area (Å²) >= 11 is 0. The molecule has 0 aromatic rings. The first kappa shape index (κ1) is 8.48. The minimum Gasteiger partial charge on any atom is -0.390 e. The zero-order valence-electron chi connectivity index (χ0n) is 5.76. The lowest BCUT2D eigenvalue weighted by Gasteiger charge is -2.17. The van der Waals surface area contributed by atoms with Crippen LogP contribution in [0, 0.1) is 12.3 Å². The average molecular weight is 128 g/mol. The Labute approximate surface area is 55.5 Å². The Balaban J connectivity index is 3.63. The number of rotatable bonds is 2. The highest BCUT2D eigenvalue weighted by Gasteiger charge is 2.16. The van der Waals surface area contributed by atoms with Crippen LogP contribution in [0.5, 0.6) is 0 Å². The van der Waals surface area contributed by atoms with E-state index in [-0.39, 0.29) is 6.42 Å². The topological polar surface area (TPSA) is 40.5 Å². The van der Waals surface area contributed by atoms with Crippen LogP contribution in [0.3, 0.4) is 0 Å². The summed E-state index contributed by atoms with van der Waals surface area (Å²) in [5.74, 6) is 2.12. The van der Waals surface area contributed by atoms with Gasteiger partial charge in [-0.1, -0.05) is 5.92 Å². The first-order valence-electron chi connectivity index (χ1n) is 2.82. The van der Waals surface area contributed by atoms with Crippen molar-refractivity contribution < 1.29 is 10.2 Å². The van der Waals surface area contributed by atoms with Crippen molar-refractivity contribution >= 4 is 0 Å². The molecule has 0 spiro atoms. The summed E-state index contributed by atoms with van der Waals surface area (Å²) in [6.07, 6.45) is 4.27. The lowest BCUT2D eigenvalue weighted by molar-refractivity contribution is 0.0357. The first-order valence-corrected chi connectivity index (χ1v) is 2.82. The molecular formula is C7H12O2. The third kappa shape index (κ3) is 5.35. The van der Waals surface area contributed by atoms with Crippen LogP contribution in [0.2, 0.25) is 0 Å². The maximum absolute atomic E-state index is 9.06.